The average molecular weight is 140 g/mol. The summed E-state index contributed by atoms with van der Waals surface area (Å²) in [5.41, 5.74) is 0. The van der Waals surface area contributed by atoms with E-state index < -0.39 is 22.0 Å². The maximum absolute atomic E-state index is 8.72. The second-order valence-electron chi connectivity index (χ2n) is 1.66. The van der Waals surface area contributed by atoms with Gasteiger partial charge in [0.15, 0.2) is 0 Å². The quantitative estimate of drug-likeness (QED) is 0.378. The molecule has 2 saturated heterocycles. The third-order valence-electron chi connectivity index (χ3n) is 1.01. The van der Waals surface area contributed by atoms with Crippen molar-refractivity contribution in [2.45, 2.75) is 0 Å². The van der Waals surface area contributed by atoms with Crippen LogP contribution in [0.25, 0.3) is 0 Å². The van der Waals surface area contributed by atoms with Crippen LogP contribution in [0.1, 0.15) is 0 Å². The van der Waals surface area contributed by atoms with Gasteiger partial charge in [-0.3, -0.25) is 0 Å². The van der Waals surface area contributed by atoms with Crippen molar-refractivity contribution in [3.8, 4) is 0 Å². The zero-order valence-corrected chi connectivity index (χ0v) is 4.80. The molecule has 2 rings (SSSR count). The van der Waals surface area contributed by atoms with E-state index in [-0.39, 0.29) is 0 Å². The molecule has 2 radical (unpaired) electrons. The molecule has 2 fully saturated rings. The third kappa shape index (κ3) is 1.22. The molecule has 2 bridgehead atoms. The predicted molar refractivity (Wildman–Crippen MR) is 30.7 cm³/mol. The molecular weight excluding hydrogens is 139 g/mol. The molecule has 2 aliphatic heterocycles. The van der Waals surface area contributed by atoms with Crippen molar-refractivity contribution in [1.82, 2.24) is 0 Å². The molecule has 0 aromatic rings. The summed E-state index contributed by atoms with van der Waals surface area (Å²) in [5, 5.41) is 8.72. The number of rotatable bonds is 0. The van der Waals surface area contributed by atoms with Crippen molar-refractivity contribution in [1.29, 1.82) is 0 Å². The SMILES string of the molecule is OB1OB2O[B-]OB(O1)O2. The van der Waals surface area contributed by atoms with Gasteiger partial charge in [-0.15, -0.1) is 0 Å². The molecule has 50 valence electrons. The Bertz CT molecular complexity index is 111. The Morgan fingerprint density at radius 1 is 1.00 bits per heavy atom. The lowest BCUT2D eigenvalue weighted by atomic mass is 9.92. The van der Waals surface area contributed by atoms with Crippen LogP contribution in [0.5, 0.6) is 0 Å². The normalized spacial score (nSPS) is 25.5. The van der Waals surface area contributed by atoms with Gasteiger partial charge in [-0.05, 0) is 7.69 Å². The fraction of sp³-hybridized carbons (Fsp3) is 0. The molecule has 2 heterocycles. The van der Waals surface area contributed by atoms with Crippen LogP contribution in [-0.2, 0) is 22.9 Å². The van der Waals surface area contributed by atoms with Gasteiger partial charge in [0, 0.05) is 0 Å². The number of hydrogen-bond acceptors (Lipinski definition) is 6. The van der Waals surface area contributed by atoms with Gasteiger partial charge in [-0.2, -0.15) is 0 Å². The van der Waals surface area contributed by atoms with E-state index >= 15 is 0 Å². The smallest absolute Gasteiger partial charge is 0.612 e. The topological polar surface area (TPSA) is 66.4 Å². The van der Waals surface area contributed by atoms with E-state index in [9.17, 15) is 0 Å². The van der Waals surface area contributed by atoms with Crippen molar-refractivity contribution in [3.05, 3.63) is 0 Å². The molecule has 1 N–H and O–H groups in total. The first-order valence-corrected chi connectivity index (χ1v) is 2.62. The van der Waals surface area contributed by atoms with E-state index in [0.717, 1.165) is 7.69 Å². The fourth-order valence-electron chi connectivity index (χ4n) is 0.628. The molecular formula is HB4O6-. The summed E-state index contributed by atoms with van der Waals surface area (Å²) < 4.78 is 23.0. The molecule has 0 atom stereocenters. The average Bonchev–Trinajstić information content (AvgIpc) is 1.85. The van der Waals surface area contributed by atoms with E-state index in [2.05, 4.69) is 18.3 Å². The summed E-state index contributed by atoms with van der Waals surface area (Å²) in [6.45, 7) is 0. The van der Waals surface area contributed by atoms with Crippen LogP contribution in [0, 0.1) is 0 Å². The fourth-order valence-corrected chi connectivity index (χ4v) is 0.628. The van der Waals surface area contributed by atoms with Crippen LogP contribution < -0.4 is 0 Å². The first-order valence-electron chi connectivity index (χ1n) is 2.62. The maximum Gasteiger partial charge on any atom is 0.612 e. The molecule has 0 aliphatic carbocycles. The van der Waals surface area contributed by atoms with Gasteiger partial charge in [0.25, 0.3) is 0 Å². The van der Waals surface area contributed by atoms with Crippen molar-refractivity contribution in [2.24, 2.45) is 0 Å². The van der Waals surface area contributed by atoms with Crippen LogP contribution in [0.3, 0.4) is 0 Å². The summed E-state index contributed by atoms with van der Waals surface area (Å²) >= 11 is 0. The van der Waals surface area contributed by atoms with E-state index in [0.29, 0.717) is 0 Å². The lowest BCUT2D eigenvalue weighted by molar-refractivity contribution is 0.112. The Hall–Kier alpha value is 0.0197. The summed E-state index contributed by atoms with van der Waals surface area (Å²) in [4.78, 5) is 0. The summed E-state index contributed by atoms with van der Waals surface area (Å²) in [6, 6.07) is 0. The summed E-state index contributed by atoms with van der Waals surface area (Å²) in [5.74, 6) is 0. The van der Waals surface area contributed by atoms with Gasteiger partial charge >= 0.3 is 22.0 Å². The molecule has 6 nitrogen and oxygen atoms in total. The maximum atomic E-state index is 8.72. The Kier molecular flexibility index (Phi) is 1.73. The summed E-state index contributed by atoms with van der Waals surface area (Å²) in [6.07, 6.45) is 0. The van der Waals surface area contributed by atoms with Gasteiger partial charge in [-0.1, -0.05) is 0 Å². The standard InChI is InChI=1S/B4HO6/c5-2-8-3-6-1-7-4(9-2)10-3/h5H/q-1. The van der Waals surface area contributed by atoms with Gasteiger partial charge in [0.2, 0.25) is 0 Å². The zero-order valence-electron chi connectivity index (χ0n) is 4.80. The number of hydrogen-bond donors (Lipinski definition) is 1. The number of fused-ring (bicyclic) bond motifs is 2. The van der Waals surface area contributed by atoms with Crippen LogP contribution in [-0.4, -0.2) is 34.7 Å². The highest BCUT2D eigenvalue weighted by atomic mass is 16.9. The van der Waals surface area contributed by atoms with Gasteiger partial charge in [0.05, 0.1) is 0 Å². The Balaban J connectivity index is 1.98. The molecule has 0 saturated carbocycles. The van der Waals surface area contributed by atoms with Crippen molar-refractivity contribution >= 4 is 29.6 Å². The lowest BCUT2D eigenvalue weighted by Gasteiger charge is -2.39. The largest absolute Gasteiger partial charge is 0.638 e. The highest BCUT2D eigenvalue weighted by Crippen LogP contribution is 2.11. The Labute approximate surface area is 58.6 Å². The molecule has 2 aliphatic rings. The molecule has 0 spiro atoms. The molecule has 10 heteroatoms. The lowest BCUT2D eigenvalue weighted by Crippen LogP contribution is -2.56. The zero-order chi connectivity index (χ0) is 6.97. The van der Waals surface area contributed by atoms with E-state index in [1.807, 2.05) is 0 Å². The van der Waals surface area contributed by atoms with Crippen molar-refractivity contribution < 1.29 is 27.9 Å². The monoisotopic (exact) mass is 141 g/mol. The van der Waals surface area contributed by atoms with E-state index in [4.69, 9.17) is 9.60 Å². The molecule has 0 aromatic carbocycles. The van der Waals surface area contributed by atoms with Crippen LogP contribution in [0.2, 0.25) is 0 Å². The molecule has 0 aromatic heterocycles. The highest BCUT2D eigenvalue weighted by Gasteiger charge is 2.42. The Morgan fingerprint density at radius 3 is 2.20 bits per heavy atom. The second kappa shape index (κ2) is 2.57. The van der Waals surface area contributed by atoms with Crippen LogP contribution >= 0.6 is 0 Å². The highest BCUT2D eigenvalue weighted by molar-refractivity contribution is 6.72. The molecule has 0 amide bonds. The first-order chi connectivity index (χ1) is 4.84. The van der Waals surface area contributed by atoms with E-state index in [1.165, 1.54) is 0 Å². The molecule has 10 heavy (non-hydrogen) atoms. The van der Waals surface area contributed by atoms with Gasteiger partial charge < -0.3 is 27.9 Å². The van der Waals surface area contributed by atoms with Crippen LogP contribution in [0.4, 0.5) is 0 Å². The predicted octanol–water partition coefficient (Wildman–Crippen LogP) is -2.42. The van der Waals surface area contributed by atoms with Gasteiger partial charge in [0.1, 0.15) is 0 Å². The second-order valence-corrected chi connectivity index (χ2v) is 1.66. The van der Waals surface area contributed by atoms with Crippen LogP contribution in [0.15, 0.2) is 0 Å². The van der Waals surface area contributed by atoms with Crippen molar-refractivity contribution in [2.75, 3.05) is 0 Å². The third-order valence-corrected chi connectivity index (χ3v) is 1.01. The molecule has 0 unspecified atom stereocenters. The Morgan fingerprint density at radius 2 is 1.60 bits per heavy atom. The summed E-state index contributed by atoms with van der Waals surface area (Å²) in [7, 11) is -2.17. The van der Waals surface area contributed by atoms with Gasteiger partial charge in [-0.25, -0.2) is 0 Å². The first kappa shape index (κ1) is 6.71. The minimum Gasteiger partial charge on any atom is -0.638 e. The minimum atomic E-state index is -1.35. The van der Waals surface area contributed by atoms with Crippen molar-refractivity contribution in [3.63, 3.8) is 0 Å². The van der Waals surface area contributed by atoms with E-state index in [1.54, 1.807) is 0 Å². The minimum absolute atomic E-state index is 0.928.